The monoisotopic (exact) mass is 348 g/mol. The fourth-order valence-corrected chi connectivity index (χ4v) is 4.19. The van der Waals surface area contributed by atoms with Gasteiger partial charge >= 0.3 is 0 Å². The third kappa shape index (κ3) is 2.78. The van der Waals surface area contributed by atoms with Gasteiger partial charge in [-0.05, 0) is 30.5 Å². The van der Waals surface area contributed by atoms with Crippen LogP contribution in [0.1, 0.15) is 18.4 Å². The summed E-state index contributed by atoms with van der Waals surface area (Å²) in [5.74, 6) is -0.849. The molecule has 1 aliphatic heterocycles. The van der Waals surface area contributed by atoms with Crippen LogP contribution in [-0.2, 0) is 26.2 Å². The number of benzene rings is 1. The van der Waals surface area contributed by atoms with Gasteiger partial charge in [0.05, 0.1) is 23.3 Å². The Balaban J connectivity index is 1.85. The lowest BCUT2D eigenvalue weighted by molar-refractivity contribution is -0.140. The summed E-state index contributed by atoms with van der Waals surface area (Å²) < 4.78 is 25.6. The summed E-state index contributed by atoms with van der Waals surface area (Å²) >= 11 is 0. The van der Waals surface area contributed by atoms with Gasteiger partial charge in [0.25, 0.3) is 0 Å². The summed E-state index contributed by atoms with van der Waals surface area (Å²) in [6, 6.07) is 6.40. The number of carbonyl (C=O) groups is 2. The Morgan fingerprint density at radius 2 is 1.67 bits per heavy atom. The summed E-state index contributed by atoms with van der Waals surface area (Å²) in [5, 5.41) is 0. The molecule has 1 aromatic rings. The summed E-state index contributed by atoms with van der Waals surface area (Å²) in [6.45, 7) is 0.113. The average molecular weight is 348 g/mol. The molecule has 0 aromatic heterocycles. The zero-order valence-electron chi connectivity index (χ0n) is 13.7. The minimum absolute atomic E-state index is 0.113. The van der Waals surface area contributed by atoms with Gasteiger partial charge in [-0.25, -0.2) is 12.7 Å². The first-order valence-corrected chi connectivity index (χ1v) is 9.28. The van der Waals surface area contributed by atoms with Gasteiger partial charge in [-0.2, -0.15) is 0 Å². The van der Waals surface area contributed by atoms with Crippen molar-refractivity contribution in [1.29, 1.82) is 0 Å². The number of likely N-dealkylation sites (tertiary alicyclic amines) is 1. The predicted molar refractivity (Wildman–Crippen MR) is 88.2 cm³/mol. The van der Waals surface area contributed by atoms with Crippen LogP contribution in [0.5, 0.6) is 0 Å². The Morgan fingerprint density at radius 1 is 1.08 bits per heavy atom. The fraction of sp³-hybridized carbons (Fsp3) is 0.412. The molecule has 1 aromatic carbocycles. The van der Waals surface area contributed by atoms with Crippen LogP contribution in [0.3, 0.4) is 0 Å². The van der Waals surface area contributed by atoms with E-state index >= 15 is 0 Å². The maximum absolute atomic E-state index is 12.5. The molecule has 7 heteroatoms. The number of allylic oxidation sites excluding steroid dienone is 2. The largest absolute Gasteiger partial charge is 0.278 e. The standard InChI is InChI=1S/C17H20N2O4S/c1-18(2)24(22,23)13-7-5-6-12(10-13)11-19-16(20)14-8-3-4-9-15(14)17(19)21/h3-7,10,14-15H,8-9,11H2,1-2H3/t14-,15-/m1/s1. The molecule has 1 saturated heterocycles. The quantitative estimate of drug-likeness (QED) is 0.609. The van der Waals surface area contributed by atoms with Crippen LogP contribution in [0.4, 0.5) is 0 Å². The zero-order chi connectivity index (χ0) is 17.5. The molecule has 1 fully saturated rings. The molecule has 0 spiro atoms. The molecular formula is C17H20N2O4S. The highest BCUT2D eigenvalue weighted by atomic mass is 32.2. The Kier molecular flexibility index (Phi) is 4.31. The lowest BCUT2D eigenvalue weighted by atomic mass is 9.85. The SMILES string of the molecule is CN(C)S(=O)(=O)c1cccc(CN2C(=O)[C@@H]3CC=CC[C@H]3C2=O)c1. The normalized spacial score (nSPS) is 23.9. The molecule has 0 saturated carbocycles. The molecule has 0 bridgehead atoms. The lowest BCUT2D eigenvalue weighted by Crippen LogP contribution is -2.30. The van der Waals surface area contributed by atoms with Gasteiger partial charge < -0.3 is 0 Å². The van der Waals surface area contributed by atoms with E-state index in [1.54, 1.807) is 12.1 Å². The van der Waals surface area contributed by atoms with Crippen LogP contribution in [0, 0.1) is 11.8 Å². The van der Waals surface area contributed by atoms with Gasteiger partial charge in [0.1, 0.15) is 0 Å². The van der Waals surface area contributed by atoms with Crippen molar-refractivity contribution in [2.24, 2.45) is 11.8 Å². The summed E-state index contributed by atoms with van der Waals surface area (Å²) in [7, 11) is -0.615. The molecule has 1 aliphatic carbocycles. The minimum Gasteiger partial charge on any atom is -0.278 e. The van der Waals surface area contributed by atoms with Crippen molar-refractivity contribution in [3.63, 3.8) is 0 Å². The third-order valence-electron chi connectivity index (χ3n) is 4.62. The molecule has 2 amide bonds. The highest BCUT2D eigenvalue weighted by Crippen LogP contribution is 2.35. The Bertz CT molecular complexity index is 788. The highest BCUT2D eigenvalue weighted by molar-refractivity contribution is 7.89. The molecule has 1 heterocycles. The molecule has 0 radical (unpaired) electrons. The first-order chi connectivity index (χ1) is 11.3. The number of hydrogen-bond donors (Lipinski definition) is 0. The average Bonchev–Trinajstić information content (AvgIpc) is 2.80. The van der Waals surface area contributed by atoms with Crippen molar-refractivity contribution >= 4 is 21.8 Å². The summed E-state index contributed by atoms with van der Waals surface area (Å²) in [6.07, 6.45) is 5.09. The van der Waals surface area contributed by atoms with Crippen molar-refractivity contribution < 1.29 is 18.0 Å². The zero-order valence-corrected chi connectivity index (χ0v) is 14.5. The van der Waals surface area contributed by atoms with Gasteiger partial charge in [0, 0.05) is 14.1 Å². The second-order valence-electron chi connectivity index (χ2n) is 6.35. The first-order valence-electron chi connectivity index (χ1n) is 7.84. The second kappa shape index (κ2) is 6.14. The van der Waals surface area contributed by atoms with Crippen molar-refractivity contribution in [3.05, 3.63) is 42.0 Å². The van der Waals surface area contributed by atoms with E-state index in [-0.39, 0.29) is 35.1 Å². The van der Waals surface area contributed by atoms with Crippen LogP contribution in [0.15, 0.2) is 41.3 Å². The molecular weight excluding hydrogens is 328 g/mol. The second-order valence-corrected chi connectivity index (χ2v) is 8.51. The van der Waals surface area contributed by atoms with Crippen LogP contribution >= 0.6 is 0 Å². The van der Waals surface area contributed by atoms with Gasteiger partial charge in [0.15, 0.2) is 0 Å². The topological polar surface area (TPSA) is 74.8 Å². The fourth-order valence-electron chi connectivity index (χ4n) is 3.22. The van der Waals surface area contributed by atoms with Crippen molar-refractivity contribution in [1.82, 2.24) is 9.21 Å². The van der Waals surface area contributed by atoms with Crippen LogP contribution in [-0.4, -0.2) is 43.5 Å². The summed E-state index contributed by atoms with van der Waals surface area (Å²) in [4.78, 5) is 26.4. The molecule has 2 aliphatic rings. The number of carbonyl (C=O) groups excluding carboxylic acids is 2. The number of rotatable bonds is 4. The van der Waals surface area contributed by atoms with E-state index in [2.05, 4.69) is 0 Å². The van der Waals surface area contributed by atoms with Crippen LogP contribution in [0.25, 0.3) is 0 Å². The van der Waals surface area contributed by atoms with Crippen molar-refractivity contribution in [3.8, 4) is 0 Å². The lowest BCUT2D eigenvalue weighted by Gasteiger charge is -2.16. The van der Waals surface area contributed by atoms with E-state index in [9.17, 15) is 18.0 Å². The van der Waals surface area contributed by atoms with Gasteiger partial charge in [-0.15, -0.1) is 0 Å². The minimum atomic E-state index is -3.55. The Hall–Kier alpha value is -1.99. The van der Waals surface area contributed by atoms with Gasteiger partial charge in [-0.3, -0.25) is 14.5 Å². The Morgan fingerprint density at radius 3 is 2.21 bits per heavy atom. The molecule has 0 unspecified atom stereocenters. The molecule has 2 atom stereocenters. The number of amides is 2. The van der Waals surface area contributed by atoms with Crippen molar-refractivity contribution in [2.75, 3.05) is 14.1 Å². The summed E-state index contributed by atoms with van der Waals surface area (Å²) in [5.41, 5.74) is 0.631. The maximum Gasteiger partial charge on any atom is 0.242 e. The molecule has 128 valence electrons. The van der Waals surface area contributed by atoms with E-state index in [4.69, 9.17) is 0 Å². The predicted octanol–water partition coefficient (Wildman–Crippen LogP) is 1.39. The maximum atomic E-state index is 12.5. The number of hydrogen-bond acceptors (Lipinski definition) is 4. The Labute approximate surface area is 141 Å². The number of imide groups is 1. The third-order valence-corrected chi connectivity index (χ3v) is 6.43. The van der Waals surface area contributed by atoms with E-state index in [1.165, 1.54) is 31.1 Å². The van der Waals surface area contributed by atoms with Crippen LogP contribution in [0.2, 0.25) is 0 Å². The van der Waals surface area contributed by atoms with Gasteiger partial charge in [0.2, 0.25) is 21.8 Å². The van der Waals surface area contributed by atoms with E-state index < -0.39 is 10.0 Å². The van der Waals surface area contributed by atoms with E-state index in [0.29, 0.717) is 18.4 Å². The van der Waals surface area contributed by atoms with E-state index in [0.717, 1.165) is 4.31 Å². The number of nitrogens with zero attached hydrogens (tertiary/aromatic N) is 2. The van der Waals surface area contributed by atoms with Gasteiger partial charge in [-0.1, -0.05) is 24.3 Å². The number of fused-ring (bicyclic) bond motifs is 1. The smallest absolute Gasteiger partial charge is 0.242 e. The van der Waals surface area contributed by atoms with Crippen molar-refractivity contribution in [2.45, 2.75) is 24.3 Å². The highest BCUT2D eigenvalue weighted by Gasteiger charge is 2.46. The molecule has 3 rings (SSSR count). The molecule has 0 N–H and O–H groups in total. The van der Waals surface area contributed by atoms with Crippen LogP contribution < -0.4 is 0 Å². The van der Waals surface area contributed by atoms with E-state index in [1.807, 2.05) is 12.2 Å². The number of sulfonamides is 1. The molecule has 24 heavy (non-hydrogen) atoms. The molecule has 6 nitrogen and oxygen atoms in total. The first kappa shape index (κ1) is 16.9.